The molecular formula is C14H19ClO2. The van der Waals surface area contributed by atoms with Gasteiger partial charge in [0.15, 0.2) is 0 Å². The molecule has 0 spiro atoms. The maximum absolute atomic E-state index is 9.36. The van der Waals surface area contributed by atoms with Crippen molar-refractivity contribution in [2.24, 2.45) is 0 Å². The van der Waals surface area contributed by atoms with Gasteiger partial charge in [0.25, 0.3) is 0 Å². The van der Waals surface area contributed by atoms with Gasteiger partial charge in [0.1, 0.15) is 0 Å². The molecule has 1 unspecified atom stereocenters. The topological polar surface area (TPSA) is 40.5 Å². The van der Waals surface area contributed by atoms with Gasteiger partial charge in [0.05, 0.1) is 12.7 Å². The van der Waals surface area contributed by atoms with Crippen molar-refractivity contribution in [2.75, 3.05) is 6.61 Å². The molecule has 0 heterocycles. The minimum absolute atomic E-state index is 0.178. The van der Waals surface area contributed by atoms with Crippen LogP contribution in [0, 0.1) is 0 Å². The van der Waals surface area contributed by atoms with E-state index in [1.165, 1.54) is 24.0 Å². The summed E-state index contributed by atoms with van der Waals surface area (Å²) in [7, 11) is 0. The molecule has 0 radical (unpaired) electrons. The molecule has 0 aromatic heterocycles. The summed E-state index contributed by atoms with van der Waals surface area (Å²) in [6.07, 6.45) is 5.45. The number of aryl methyl sites for hydroxylation is 3. The maximum atomic E-state index is 9.36. The van der Waals surface area contributed by atoms with E-state index in [1.807, 2.05) is 0 Å². The van der Waals surface area contributed by atoms with Crippen LogP contribution < -0.4 is 0 Å². The highest BCUT2D eigenvalue weighted by atomic mass is 35.5. The van der Waals surface area contributed by atoms with E-state index >= 15 is 0 Å². The molecule has 1 aliphatic rings. The van der Waals surface area contributed by atoms with Crippen molar-refractivity contribution in [2.45, 2.75) is 44.6 Å². The van der Waals surface area contributed by atoms with E-state index in [0.717, 1.165) is 29.8 Å². The Hall–Kier alpha value is -0.570. The lowest BCUT2D eigenvalue weighted by Gasteiger charge is -2.18. The summed E-state index contributed by atoms with van der Waals surface area (Å²) in [4.78, 5) is 0. The minimum atomic E-state index is -0.637. The number of rotatable bonds is 4. The van der Waals surface area contributed by atoms with Crippen LogP contribution in [0.25, 0.3) is 0 Å². The van der Waals surface area contributed by atoms with Crippen molar-refractivity contribution in [1.29, 1.82) is 0 Å². The lowest BCUT2D eigenvalue weighted by atomic mass is 9.89. The molecule has 17 heavy (non-hydrogen) atoms. The number of aliphatic hydroxyl groups excluding tert-OH is 2. The molecule has 1 atom stereocenters. The van der Waals surface area contributed by atoms with Crippen LogP contribution in [-0.4, -0.2) is 22.9 Å². The zero-order valence-corrected chi connectivity index (χ0v) is 10.7. The maximum Gasteiger partial charge on any atom is 0.0774 e. The van der Waals surface area contributed by atoms with Crippen molar-refractivity contribution in [1.82, 2.24) is 0 Å². The first-order valence-electron chi connectivity index (χ1n) is 6.30. The normalized spacial score (nSPS) is 16.6. The van der Waals surface area contributed by atoms with Gasteiger partial charge in [-0.2, -0.15) is 0 Å². The van der Waals surface area contributed by atoms with Gasteiger partial charge >= 0.3 is 0 Å². The standard InChI is InChI=1S/C14H19ClO2/c15-14-8-11-4-2-1-3-10(11)7-12(14)5-6-13(17)9-16/h7-8,13,16-17H,1-6,9H2. The van der Waals surface area contributed by atoms with Crippen molar-refractivity contribution in [3.63, 3.8) is 0 Å². The summed E-state index contributed by atoms with van der Waals surface area (Å²) in [5.41, 5.74) is 3.89. The molecule has 1 aromatic carbocycles. The molecule has 0 saturated heterocycles. The van der Waals surface area contributed by atoms with Crippen LogP contribution in [0.5, 0.6) is 0 Å². The number of hydrogen-bond acceptors (Lipinski definition) is 2. The van der Waals surface area contributed by atoms with E-state index in [0.29, 0.717) is 6.42 Å². The Morgan fingerprint density at radius 2 is 1.82 bits per heavy atom. The number of halogens is 1. The van der Waals surface area contributed by atoms with Crippen LogP contribution in [0.4, 0.5) is 0 Å². The van der Waals surface area contributed by atoms with Gasteiger partial charge in [0.2, 0.25) is 0 Å². The second-order valence-corrected chi connectivity index (χ2v) is 5.20. The van der Waals surface area contributed by atoms with Gasteiger partial charge in [-0.3, -0.25) is 0 Å². The molecule has 1 aromatic rings. The van der Waals surface area contributed by atoms with Gasteiger partial charge in [0, 0.05) is 5.02 Å². The molecule has 0 amide bonds. The van der Waals surface area contributed by atoms with E-state index < -0.39 is 6.10 Å². The Morgan fingerprint density at radius 1 is 1.18 bits per heavy atom. The van der Waals surface area contributed by atoms with E-state index in [-0.39, 0.29) is 6.61 Å². The zero-order valence-electron chi connectivity index (χ0n) is 9.95. The minimum Gasteiger partial charge on any atom is -0.394 e. The average molecular weight is 255 g/mol. The summed E-state index contributed by atoms with van der Waals surface area (Å²) in [6.45, 7) is -0.178. The van der Waals surface area contributed by atoms with E-state index in [4.69, 9.17) is 16.7 Å². The summed E-state index contributed by atoms with van der Waals surface area (Å²) in [5.74, 6) is 0. The van der Waals surface area contributed by atoms with Crippen molar-refractivity contribution in [3.8, 4) is 0 Å². The van der Waals surface area contributed by atoms with Gasteiger partial charge in [-0.15, -0.1) is 0 Å². The first-order chi connectivity index (χ1) is 8.20. The number of aliphatic hydroxyl groups is 2. The van der Waals surface area contributed by atoms with Crippen LogP contribution in [0.3, 0.4) is 0 Å². The van der Waals surface area contributed by atoms with E-state index in [1.54, 1.807) is 0 Å². The van der Waals surface area contributed by atoms with Gasteiger partial charge in [-0.25, -0.2) is 0 Å². The summed E-state index contributed by atoms with van der Waals surface area (Å²) < 4.78 is 0. The molecule has 1 aliphatic carbocycles. The third kappa shape index (κ3) is 3.21. The molecule has 94 valence electrons. The predicted octanol–water partition coefficient (Wildman–Crippen LogP) is 2.50. The summed E-state index contributed by atoms with van der Waals surface area (Å²) >= 11 is 6.24. The fraction of sp³-hybridized carbons (Fsp3) is 0.571. The number of hydrogen-bond donors (Lipinski definition) is 2. The molecule has 2 N–H and O–H groups in total. The quantitative estimate of drug-likeness (QED) is 0.867. The Bertz CT molecular complexity index is 390. The fourth-order valence-electron chi connectivity index (χ4n) is 2.41. The highest BCUT2D eigenvalue weighted by Gasteiger charge is 2.13. The first kappa shape index (κ1) is 12.9. The molecule has 0 saturated carbocycles. The highest BCUT2D eigenvalue weighted by Crippen LogP contribution is 2.28. The number of fused-ring (bicyclic) bond motifs is 1. The first-order valence-corrected chi connectivity index (χ1v) is 6.67. The molecule has 2 nitrogen and oxygen atoms in total. The SMILES string of the molecule is OCC(O)CCc1cc2c(cc1Cl)CCCC2. The Kier molecular flexibility index (Phi) is 4.43. The summed E-state index contributed by atoms with van der Waals surface area (Å²) in [5, 5.41) is 18.9. The second-order valence-electron chi connectivity index (χ2n) is 4.79. The van der Waals surface area contributed by atoms with Crippen LogP contribution >= 0.6 is 11.6 Å². The average Bonchev–Trinajstić information content (AvgIpc) is 2.35. The van der Waals surface area contributed by atoms with Gasteiger partial charge < -0.3 is 10.2 Å². The van der Waals surface area contributed by atoms with Crippen LogP contribution in [0.15, 0.2) is 12.1 Å². The van der Waals surface area contributed by atoms with Crippen LogP contribution in [0.2, 0.25) is 5.02 Å². The third-order valence-electron chi connectivity index (χ3n) is 3.47. The Balaban J connectivity index is 2.11. The second kappa shape index (κ2) is 5.85. The van der Waals surface area contributed by atoms with E-state index in [2.05, 4.69) is 12.1 Å². The lowest BCUT2D eigenvalue weighted by Crippen LogP contribution is -2.13. The number of benzene rings is 1. The fourth-order valence-corrected chi connectivity index (χ4v) is 2.69. The van der Waals surface area contributed by atoms with Gasteiger partial charge in [-0.1, -0.05) is 17.7 Å². The largest absolute Gasteiger partial charge is 0.394 e. The van der Waals surface area contributed by atoms with Crippen LogP contribution in [-0.2, 0) is 19.3 Å². The monoisotopic (exact) mass is 254 g/mol. The molecule has 3 heteroatoms. The molecule has 0 fully saturated rings. The lowest BCUT2D eigenvalue weighted by molar-refractivity contribution is 0.0886. The molecular weight excluding hydrogens is 236 g/mol. The van der Waals surface area contributed by atoms with Crippen molar-refractivity contribution in [3.05, 3.63) is 33.8 Å². The smallest absolute Gasteiger partial charge is 0.0774 e. The van der Waals surface area contributed by atoms with Gasteiger partial charge in [-0.05, 0) is 61.3 Å². The van der Waals surface area contributed by atoms with Crippen molar-refractivity contribution >= 4 is 11.6 Å². The molecule has 0 bridgehead atoms. The Labute approximate surface area is 107 Å². The third-order valence-corrected chi connectivity index (χ3v) is 3.82. The predicted molar refractivity (Wildman–Crippen MR) is 69.5 cm³/mol. The highest BCUT2D eigenvalue weighted by molar-refractivity contribution is 6.31. The Morgan fingerprint density at radius 3 is 2.47 bits per heavy atom. The molecule has 0 aliphatic heterocycles. The molecule has 2 rings (SSSR count). The van der Waals surface area contributed by atoms with Crippen LogP contribution in [0.1, 0.15) is 36.0 Å². The zero-order chi connectivity index (χ0) is 12.3. The van der Waals surface area contributed by atoms with E-state index in [9.17, 15) is 5.11 Å². The van der Waals surface area contributed by atoms with Crippen molar-refractivity contribution < 1.29 is 10.2 Å². The summed E-state index contributed by atoms with van der Waals surface area (Å²) in [6, 6.07) is 4.26.